The summed E-state index contributed by atoms with van der Waals surface area (Å²) in [5, 5.41) is 0. The van der Waals surface area contributed by atoms with E-state index in [0.29, 0.717) is 31.1 Å². The molecule has 0 amide bonds. The number of ether oxygens (including phenoxy) is 1. The molecule has 0 radical (unpaired) electrons. The highest BCUT2D eigenvalue weighted by Crippen LogP contribution is 2.29. The van der Waals surface area contributed by atoms with Gasteiger partial charge < -0.3 is 10.5 Å². The number of thiophene rings is 1. The lowest BCUT2D eigenvalue weighted by atomic mass is 10.1. The van der Waals surface area contributed by atoms with Gasteiger partial charge >= 0.3 is 0 Å². The number of piperidine rings is 1. The predicted octanol–water partition coefficient (Wildman–Crippen LogP) is 1.70. The fourth-order valence-electron chi connectivity index (χ4n) is 2.52. The Bertz CT molecular complexity index is 552. The Labute approximate surface area is 124 Å². The molecule has 1 atom stereocenters. The topological polar surface area (TPSA) is 72.6 Å². The van der Waals surface area contributed by atoms with Gasteiger partial charge in [-0.3, -0.25) is 0 Å². The maximum Gasteiger partial charge on any atom is 0.244 e. The van der Waals surface area contributed by atoms with Crippen LogP contribution in [0.2, 0.25) is 0 Å². The fourth-order valence-corrected chi connectivity index (χ4v) is 5.51. The molecule has 2 heterocycles. The highest BCUT2D eigenvalue weighted by atomic mass is 32.2. The van der Waals surface area contributed by atoms with Crippen molar-refractivity contribution in [3.05, 3.63) is 15.8 Å². The molecular weight excluding hydrogens is 296 g/mol. The van der Waals surface area contributed by atoms with Crippen LogP contribution in [0.25, 0.3) is 0 Å². The Kier molecular flexibility index (Phi) is 5.19. The van der Waals surface area contributed by atoms with Gasteiger partial charge in [-0.15, -0.1) is 11.3 Å². The number of nitrogens with two attached hydrogens (primary N) is 1. The molecule has 1 aliphatic heterocycles. The molecule has 1 aliphatic rings. The van der Waals surface area contributed by atoms with Crippen LogP contribution in [0.3, 0.4) is 0 Å². The Morgan fingerprint density at radius 2 is 2.30 bits per heavy atom. The Morgan fingerprint density at radius 1 is 1.55 bits per heavy atom. The van der Waals surface area contributed by atoms with Gasteiger partial charge in [-0.25, -0.2) is 8.42 Å². The first kappa shape index (κ1) is 15.9. The molecule has 1 aromatic rings. The number of aryl methyl sites for hydroxylation is 1. The molecule has 7 heteroatoms. The SMILES string of the molecule is CCOC1CCCN(S(=O)(=O)c2cc(CN)sc2C)C1. The van der Waals surface area contributed by atoms with E-state index in [1.54, 1.807) is 10.4 Å². The zero-order valence-electron chi connectivity index (χ0n) is 12.0. The summed E-state index contributed by atoms with van der Waals surface area (Å²) in [6, 6.07) is 1.71. The molecule has 1 aromatic heterocycles. The normalized spacial score (nSPS) is 21.2. The van der Waals surface area contributed by atoms with Crippen molar-refractivity contribution in [1.82, 2.24) is 4.31 Å². The van der Waals surface area contributed by atoms with Crippen LogP contribution in [0, 0.1) is 6.92 Å². The van der Waals surface area contributed by atoms with Gasteiger partial charge in [0, 0.05) is 36.0 Å². The molecule has 0 bridgehead atoms. The van der Waals surface area contributed by atoms with Crippen LogP contribution < -0.4 is 5.73 Å². The molecule has 1 saturated heterocycles. The number of hydrogen-bond acceptors (Lipinski definition) is 5. The van der Waals surface area contributed by atoms with Gasteiger partial charge in [-0.1, -0.05) is 0 Å². The third-order valence-corrected chi connectivity index (χ3v) is 6.68. The van der Waals surface area contributed by atoms with E-state index in [0.717, 1.165) is 22.6 Å². The van der Waals surface area contributed by atoms with Crippen molar-refractivity contribution in [1.29, 1.82) is 0 Å². The second kappa shape index (κ2) is 6.53. The molecule has 1 fully saturated rings. The monoisotopic (exact) mass is 318 g/mol. The lowest BCUT2D eigenvalue weighted by molar-refractivity contribution is 0.0265. The summed E-state index contributed by atoms with van der Waals surface area (Å²) in [4.78, 5) is 2.11. The van der Waals surface area contributed by atoms with Crippen molar-refractivity contribution < 1.29 is 13.2 Å². The predicted molar refractivity (Wildman–Crippen MR) is 80.4 cm³/mol. The van der Waals surface area contributed by atoms with Crippen molar-refractivity contribution in [2.75, 3.05) is 19.7 Å². The molecule has 0 spiro atoms. The second-order valence-corrected chi connectivity index (χ2v) is 8.17. The molecule has 5 nitrogen and oxygen atoms in total. The average molecular weight is 318 g/mol. The molecular formula is C13H22N2O3S2. The maximum absolute atomic E-state index is 12.7. The molecule has 0 saturated carbocycles. The van der Waals surface area contributed by atoms with Crippen molar-refractivity contribution >= 4 is 21.4 Å². The highest BCUT2D eigenvalue weighted by Gasteiger charge is 2.32. The van der Waals surface area contributed by atoms with E-state index >= 15 is 0 Å². The van der Waals surface area contributed by atoms with E-state index in [9.17, 15) is 8.42 Å². The summed E-state index contributed by atoms with van der Waals surface area (Å²) in [7, 11) is -3.43. The van der Waals surface area contributed by atoms with Gasteiger partial charge in [0.2, 0.25) is 10.0 Å². The van der Waals surface area contributed by atoms with Gasteiger partial charge in [0.1, 0.15) is 0 Å². The minimum atomic E-state index is -3.43. The van der Waals surface area contributed by atoms with Crippen LogP contribution in [0.1, 0.15) is 29.5 Å². The van der Waals surface area contributed by atoms with Gasteiger partial charge in [0.15, 0.2) is 0 Å². The summed E-state index contributed by atoms with van der Waals surface area (Å²) >= 11 is 1.45. The molecule has 114 valence electrons. The van der Waals surface area contributed by atoms with E-state index in [1.807, 2.05) is 13.8 Å². The number of hydrogen-bond donors (Lipinski definition) is 1. The summed E-state index contributed by atoms with van der Waals surface area (Å²) < 4.78 is 32.6. The first-order valence-corrected chi connectivity index (χ1v) is 9.15. The smallest absolute Gasteiger partial charge is 0.244 e. The van der Waals surface area contributed by atoms with Crippen LogP contribution in [-0.4, -0.2) is 38.5 Å². The quantitative estimate of drug-likeness (QED) is 0.897. The van der Waals surface area contributed by atoms with E-state index in [4.69, 9.17) is 10.5 Å². The van der Waals surface area contributed by atoms with Crippen LogP contribution in [-0.2, 0) is 21.3 Å². The second-order valence-electron chi connectivity index (χ2n) is 4.92. The van der Waals surface area contributed by atoms with Gasteiger partial charge in [-0.05, 0) is 32.8 Å². The van der Waals surface area contributed by atoms with Crippen molar-refractivity contribution in [3.63, 3.8) is 0 Å². The van der Waals surface area contributed by atoms with Crippen LogP contribution in [0.15, 0.2) is 11.0 Å². The summed E-state index contributed by atoms with van der Waals surface area (Å²) in [6.45, 7) is 5.78. The third-order valence-electron chi connectivity index (χ3n) is 3.49. The fraction of sp³-hybridized carbons (Fsp3) is 0.692. The van der Waals surface area contributed by atoms with Crippen molar-refractivity contribution in [3.8, 4) is 0 Å². The van der Waals surface area contributed by atoms with Crippen molar-refractivity contribution in [2.45, 2.75) is 44.2 Å². The Balaban J connectivity index is 2.22. The van der Waals surface area contributed by atoms with E-state index < -0.39 is 10.0 Å². The van der Waals surface area contributed by atoms with E-state index in [1.165, 1.54) is 11.3 Å². The molecule has 0 aromatic carbocycles. The first-order chi connectivity index (χ1) is 9.48. The maximum atomic E-state index is 12.7. The number of nitrogens with zero attached hydrogens (tertiary/aromatic N) is 1. The number of rotatable bonds is 5. The zero-order chi connectivity index (χ0) is 14.8. The first-order valence-electron chi connectivity index (χ1n) is 6.90. The summed E-state index contributed by atoms with van der Waals surface area (Å²) in [5.41, 5.74) is 5.60. The van der Waals surface area contributed by atoms with Crippen molar-refractivity contribution in [2.24, 2.45) is 5.73 Å². The molecule has 0 aliphatic carbocycles. The molecule has 2 rings (SSSR count). The minimum absolute atomic E-state index is 0.0106. The lowest BCUT2D eigenvalue weighted by Gasteiger charge is -2.31. The van der Waals surface area contributed by atoms with Crippen LogP contribution >= 0.6 is 11.3 Å². The molecule has 2 N–H and O–H groups in total. The van der Waals surface area contributed by atoms with Crippen LogP contribution in [0.4, 0.5) is 0 Å². The highest BCUT2D eigenvalue weighted by molar-refractivity contribution is 7.89. The average Bonchev–Trinajstić information content (AvgIpc) is 2.81. The zero-order valence-corrected chi connectivity index (χ0v) is 13.6. The Morgan fingerprint density at radius 3 is 2.90 bits per heavy atom. The third kappa shape index (κ3) is 3.23. The van der Waals surface area contributed by atoms with Gasteiger partial charge in [-0.2, -0.15) is 4.31 Å². The summed E-state index contributed by atoms with van der Waals surface area (Å²) in [6.07, 6.45) is 1.78. The van der Waals surface area contributed by atoms with Gasteiger partial charge in [0.05, 0.1) is 11.0 Å². The number of sulfonamides is 1. The Hall–Kier alpha value is -0.470. The molecule has 1 unspecified atom stereocenters. The minimum Gasteiger partial charge on any atom is -0.377 e. The van der Waals surface area contributed by atoms with E-state index in [2.05, 4.69) is 0 Å². The van der Waals surface area contributed by atoms with Gasteiger partial charge in [0.25, 0.3) is 0 Å². The lowest BCUT2D eigenvalue weighted by Crippen LogP contribution is -2.43. The molecule has 20 heavy (non-hydrogen) atoms. The summed E-state index contributed by atoms with van der Waals surface area (Å²) in [5.74, 6) is 0. The largest absolute Gasteiger partial charge is 0.377 e. The van der Waals surface area contributed by atoms with Crippen LogP contribution in [0.5, 0.6) is 0 Å². The standard InChI is InChI=1S/C13H22N2O3S2/c1-3-18-11-5-4-6-15(9-11)20(16,17)13-7-12(8-14)19-10(13)2/h7,11H,3-6,8-9,14H2,1-2H3. The van der Waals surface area contributed by atoms with E-state index in [-0.39, 0.29) is 6.10 Å².